The fourth-order valence-corrected chi connectivity index (χ4v) is 1.90. The zero-order chi connectivity index (χ0) is 14.8. The van der Waals surface area contributed by atoms with Gasteiger partial charge in [-0.2, -0.15) is 13.2 Å². The van der Waals surface area contributed by atoms with Crippen molar-refractivity contribution in [3.63, 3.8) is 0 Å². The highest BCUT2D eigenvalue weighted by Crippen LogP contribution is 2.30. The van der Waals surface area contributed by atoms with Crippen LogP contribution in [0.3, 0.4) is 0 Å². The summed E-state index contributed by atoms with van der Waals surface area (Å²) in [4.78, 5) is 16.1. The highest BCUT2D eigenvalue weighted by atomic mass is 19.4. The van der Waals surface area contributed by atoms with Crippen LogP contribution in [-0.4, -0.2) is 9.55 Å². The minimum atomic E-state index is -4.47. The Morgan fingerprint density at radius 2 is 2.10 bits per heavy atom. The largest absolute Gasteiger partial charge is 0.416 e. The van der Waals surface area contributed by atoms with Gasteiger partial charge in [-0.05, 0) is 31.0 Å². The summed E-state index contributed by atoms with van der Waals surface area (Å²) in [6.07, 6.45) is 0.0368. The third-order valence-corrected chi connectivity index (χ3v) is 2.96. The van der Waals surface area contributed by atoms with E-state index in [1.54, 1.807) is 6.08 Å². The van der Waals surface area contributed by atoms with Crippen molar-refractivity contribution >= 4 is 10.9 Å². The number of hydrogen-bond donors (Lipinski definition) is 0. The van der Waals surface area contributed by atoms with E-state index in [0.29, 0.717) is 13.0 Å². The van der Waals surface area contributed by atoms with Crippen LogP contribution in [0.2, 0.25) is 0 Å². The predicted molar refractivity (Wildman–Crippen MR) is 70.4 cm³/mol. The van der Waals surface area contributed by atoms with Gasteiger partial charge < -0.3 is 0 Å². The van der Waals surface area contributed by atoms with E-state index in [9.17, 15) is 18.0 Å². The van der Waals surface area contributed by atoms with Crippen LogP contribution in [0.25, 0.3) is 10.9 Å². The molecule has 0 radical (unpaired) electrons. The summed E-state index contributed by atoms with van der Waals surface area (Å²) in [6, 6.07) is 3.00. The van der Waals surface area contributed by atoms with E-state index >= 15 is 0 Å². The molecule has 0 spiro atoms. The third kappa shape index (κ3) is 2.89. The number of fused-ring (bicyclic) bond motifs is 1. The molecular formula is C14H13F3N2O. The monoisotopic (exact) mass is 282 g/mol. The van der Waals surface area contributed by atoms with E-state index in [-0.39, 0.29) is 10.9 Å². The number of aromatic nitrogens is 2. The Kier molecular flexibility index (Phi) is 3.92. The molecule has 0 aliphatic heterocycles. The number of allylic oxidation sites excluding steroid dienone is 1. The first-order chi connectivity index (χ1) is 9.43. The third-order valence-electron chi connectivity index (χ3n) is 2.96. The molecular weight excluding hydrogens is 269 g/mol. The molecule has 3 nitrogen and oxygen atoms in total. The second kappa shape index (κ2) is 5.48. The average molecular weight is 282 g/mol. The topological polar surface area (TPSA) is 34.9 Å². The van der Waals surface area contributed by atoms with Crippen molar-refractivity contribution in [3.05, 3.63) is 53.1 Å². The van der Waals surface area contributed by atoms with E-state index in [2.05, 4.69) is 11.6 Å². The molecule has 0 aliphatic carbocycles. The quantitative estimate of drug-likeness (QED) is 0.636. The first-order valence-corrected chi connectivity index (χ1v) is 6.11. The van der Waals surface area contributed by atoms with Gasteiger partial charge in [0.05, 0.1) is 22.8 Å². The fraction of sp³-hybridized carbons (Fsp3) is 0.286. The Bertz CT molecular complexity index is 689. The second-order valence-corrected chi connectivity index (χ2v) is 4.40. The number of benzene rings is 1. The summed E-state index contributed by atoms with van der Waals surface area (Å²) in [5.41, 5.74) is -1.03. The minimum absolute atomic E-state index is 0.0130. The van der Waals surface area contributed by atoms with Gasteiger partial charge in [0, 0.05) is 6.54 Å². The lowest BCUT2D eigenvalue weighted by Gasteiger charge is -2.09. The number of aryl methyl sites for hydroxylation is 1. The Labute approximate surface area is 113 Å². The van der Waals surface area contributed by atoms with Crippen LogP contribution in [0, 0.1) is 0 Å². The van der Waals surface area contributed by atoms with E-state index in [1.807, 2.05) is 0 Å². The SMILES string of the molecule is C=CCCCn1cnc2ccc(C(F)(F)F)cc2c1=O. The lowest BCUT2D eigenvalue weighted by atomic mass is 10.1. The molecule has 1 aromatic carbocycles. The lowest BCUT2D eigenvalue weighted by Crippen LogP contribution is -2.21. The Morgan fingerprint density at radius 1 is 1.35 bits per heavy atom. The number of unbranched alkanes of at least 4 members (excludes halogenated alkanes) is 1. The lowest BCUT2D eigenvalue weighted by molar-refractivity contribution is -0.137. The molecule has 0 saturated carbocycles. The van der Waals surface area contributed by atoms with Crippen molar-refractivity contribution in [2.24, 2.45) is 0 Å². The molecule has 106 valence electrons. The maximum atomic E-state index is 12.7. The van der Waals surface area contributed by atoms with Gasteiger partial charge in [0.15, 0.2) is 0 Å². The van der Waals surface area contributed by atoms with Gasteiger partial charge in [-0.25, -0.2) is 4.98 Å². The number of halogens is 3. The Balaban J connectivity index is 2.47. The van der Waals surface area contributed by atoms with E-state index in [4.69, 9.17) is 0 Å². The summed E-state index contributed by atoms with van der Waals surface area (Å²) < 4.78 is 39.3. The molecule has 20 heavy (non-hydrogen) atoms. The molecule has 2 rings (SSSR count). The van der Waals surface area contributed by atoms with Crippen molar-refractivity contribution in [1.82, 2.24) is 9.55 Å². The van der Waals surface area contributed by atoms with Crippen LogP contribution in [0.15, 0.2) is 42.0 Å². The molecule has 0 fully saturated rings. The standard InChI is InChI=1S/C14H13F3N2O/c1-2-3-4-7-19-9-18-12-6-5-10(14(15,16)17)8-11(12)13(19)20/h2,5-6,8-9H,1,3-4,7H2. The normalized spacial score (nSPS) is 11.8. The summed E-state index contributed by atoms with van der Waals surface area (Å²) in [6.45, 7) is 3.98. The smallest absolute Gasteiger partial charge is 0.299 e. The molecule has 1 heterocycles. The van der Waals surface area contributed by atoms with Crippen LogP contribution < -0.4 is 5.56 Å². The Morgan fingerprint density at radius 3 is 2.75 bits per heavy atom. The summed E-state index contributed by atoms with van der Waals surface area (Å²) in [7, 11) is 0. The Hall–Kier alpha value is -2.11. The van der Waals surface area contributed by atoms with Crippen molar-refractivity contribution in [1.29, 1.82) is 0 Å². The number of hydrogen-bond acceptors (Lipinski definition) is 2. The number of nitrogens with zero attached hydrogens (tertiary/aromatic N) is 2. The molecule has 0 bridgehead atoms. The summed E-state index contributed by atoms with van der Waals surface area (Å²) in [5.74, 6) is 0. The summed E-state index contributed by atoms with van der Waals surface area (Å²) >= 11 is 0. The van der Waals surface area contributed by atoms with Crippen molar-refractivity contribution < 1.29 is 13.2 Å². The van der Waals surface area contributed by atoms with Gasteiger partial charge in [-0.15, -0.1) is 6.58 Å². The molecule has 1 aromatic heterocycles. The van der Waals surface area contributed by atoms with Crippen LogP contribution in [-0.2, 0) is 12.7 Å². The van der Waals surface area contributed by atoms with Gasteiger partial charge in [0.2, 0.25) is 0 Å². The first-order valence-electron chi connectivity index (χ1n) is 6.11. The van der Waals surface area contributed by atoms with Crippen LogP contribution in [0.4, 0.5) is 13.2 Å². The number of alkyl halides is 3. The van der Waals surface area contributed by atoms with E-state index in [1.165, 1.54) is 17.0 Å². The van der Waals surface area contributed by atoms with Crippen molar-refractivity contribution in [3.8, 4) is 0 Å². The van der Waals surface area contributed by atoms with E-state index < -0.39 is 17.3 Å². The highest BCUT2D eigenvalue weighted by molar-refractivity contribution is 5.78. The van der Waals surface area contributed by atoms with Gasteiger partial charge in [-0.3, -0.25) is 9.36 Å². The molecule has 2 aromatic rings. The van der Waals surface area contributed by atoms with Crippen LogP contribution >= 0.6 is 0 Å². The molecule has 0 aliphatic rings. The molecule has 0 saturated heterocycles. The van der Waals surface area contributed by atoms with Crippen molar-refractivity contribution in [2.45, 2.75) is 25.6 Å². The van der Waals surface area contributed by atoms with Crippen molar-refractivity contribution in [2.75, 3.05) is 0 Å². The van der Waals surface area contributed by atoms with E-state index in [0.717, 1.165) is 18.6 Å². The fourth-order valence-electron chi connectivity index (χ4n) is 1.90. The maximum absolute atomic E-state index is 12.7. The summed E-state index contributed by atoms with van der Waals surface area (Å²) in [5, 5.41) is -0.0130. The second-order valence-electron chi connectivity index (χ2n) is 4.40. The molecule has 0 atom stereocenters. The zero-order valence-electron chi connectivity index (χ0n) is 10.7. The molecule has 0 unspecified atom stereocenters. The highest BCUT2D eigenvalue weighted by Gasteiger charge is 2.30. The maximum Gasteiger partial charge on any atom is 0.416 e. The molecule has 0 N–H and O–H groups in total. The zero-order valence-corrected chi connectivity index (χ0v) is 10.7. The predicted octanol–water partition coefficient (Wildman–Crippen LogP) is 3.38. The first kappa shape index (κ1) is 14.3. The van der Waals surface area contributed by atoms with Gasteiger partial charge in [0.25, 0.3) is 5.56 Å². The van der Waals surface area contributed by atoms with Gasteiger partial charge >= 0.3 is 6.18 Å². The molecule has 0 amide bonds. The average Bonchev–Trinajstić information content (AvgIpc) is 2.40. The number of rotatable bonds is 4. The molecule has 6 heteroatoms. The minimum Gasteiger partial charge on any atom is -0.299 e. The van der Waals surface area contributed by atoms with Crippen LogP contribution in [0.5, 0.6) is 0 Å². The van der Waals surface area contributed by atoms with Crippen LogP contribution in [0.1, 0.15) is 18.4 Å². The van der Waals surface area contributed by atoms with Gasteiger partial charge in [0.1, 0.15) is 0 Å². The van der Waals surface area contributed by atoms with Gasteiger partial charge in [-0.1, -0.05) is 6.08 Å².